The number of nitrogens with one attached hydrogen (secondary N) is 1. The summed E-state index contributed by atoms with van der Waals surface area (Å²) in [4.78, 5) is 23.2. The second-order valence-electron chi connectivity index (χ2n) is 6.43. The Labute approximate surface area is 138 Å². The second kappa shape index (κ2) is 5.44. The Morgan fingerprint density at radius 3 is 2.71 bits per heavy atom. The van der Waals surface area contributed by atoms with E-state index in [-0.39, 0.29) is 17.2 Å². The van der Waals surface area contributed by atoms with Crippen LogP contribution >= 0.6 is 0 Å². The molecule has 2 aliphatic rings. The van der Waals surface area contributed by atoms with Gasteiger partial charge in [-0.1, -0.05) is 24.3 Å². The van der Waals surface area contributed by atoms with Crippen molar-refractivity contribution in [3.63, 3.8) is 0 Å². The third-order valence-electron chi connectivity index (χ3n) is 5.09. The molecule has 0 aromatic heterocycles. The summed E-state index contributed by atoms with van der Waals surface area (Å²) < 4.78 is 14.0. The molecule has 0 radical (unpaired) electrons. The molecule has 3 atom stereocenters. The molecule has 1 saturated carbocycles. The van der Waals surface area contributed by atoms with Gasteiger partial charge < -0.3 is 10.4 Å². The van der Waals surface area contributed by atoms with Gasteiger partial charge in [0.25, 0.3) is 5.91 Å². The molecule has 2 aromatic rings. The Balaban J connectivity index is 1.52. The molecule has 0 bridgehead atoms. The number of carboxylic acids is 1. The Bertz CT molecular complexity index is 848. The molecule has 24 heavy (non-hydrogen) atoms. The minimum atomic E-state index is -1.22. The van der Waals surface area contributed by atoms with E-state index >= 15 is 0 Å². The van der Waals surface area contributed by atoms with E-state index in [4.69, 9.17) is 5.11 Å². The molecule has 2 aliphatic carbocycles. The summed E-state index contributed by atoms with van der Waals surface area (Å²) in [5.74, 6) is -1.80. The standard InChI is InChI=1S/C19H16FNO3/c20-15-9-11(19(23)24)6-7-13(15)18(22)21-17-14-8-5-10-3-1-2-4-12(10)16(14)17/h1-4,6-7,9,14,16-17H,5,8H2,(H,21,22)(H,23,24). The quantitative estimate of drug-likeness (QED) is 0.912. The Kier molecular flexibility index (Phi) is 3.37. The highest BCUT2D eigenvalue weighted by atomic mass is 19.1. The van der Waals surface area contributed by atoms with Crippen LogP contribution in [-0.4, -0.2) is 23.0 Å². The highest BCUT2D eigenvalue weighted by Gasteiger charge is 2.53. The van der Waals surface area contributed by atoms with Crippen molar-refractivity contribution in [1.29, 1.82) is 0 Å². The number of aromatic carboxylic acids is 1. The first kappa shape index (κ1) is 14.9. The van der Waals surface area contributed by atoms with Crippen LogP contribution in [0.1, 0.15) is 44.2 Å². The molecule has 5 heteroatoms. The van der Waals surface area contributed by atoms with Crippen molar-refractivity contribution < 1.29 is 19.1 Å². The lowest BCUT2D eigenvalue weighted by Gasteiger charge is -2.13. The third kappa shape index (κ3) is 2.37. The fourth-order valence-corrected chi connectivity index (χ4v) is 3.82. The first-order valence-electron chi connectivity index (χ1n) is 7.98. The van der Waals surface area contributed by atoms with Crippen molar-refractivity contribution in [2.45, 2.75) is 24.8 Å². The monoisotopic (exact) mass is 325 g/mol. The van der Waals surface area contributed by atoms with Crippen LogP contribution in [0, 0.1) is 11.7 Å². The van der Waals surface area contributed by atoms with Crippen LogP contribution in [0.25, 0.3) is 0 Å². The molecule has 3 unspecified atom stereocenters. The van der Waals surface area contributed by atoms with E-state index in [9.17, 15) is 14.0 Å². The highest BCUT2D eigenvalue weighted by Crippen LogP contribution is 2.54. The summed E-state index contributed by atoms with van der Waals surface area (Å²) in [6.07, 6.45) is 2.03. The Morgan fingerprint density at radius 2 is 1.96 bits per heavy atom. The molecular formula is C19H16FNO3. The van der Waals surface area contributed by atoms with Gasteiger partial charge >= 0.3 is 5.97 Å². The van der Waals surface area contributed by atoms with Crippen molar-refractivity contribution in [2.24, 2.45) is 5.92 Å². The van der Waals surface area contributed by atoms with Crippen molar-refractivity contribution in [3.05, 3.63) is 70.5 Å². The molecule has 0 spiro atoms. The average Bonchev–Trinajstić information content (AvgIpc) is 3.28. The lowest BCUT2D eigenvalue weighted by atomic mass is 9.92. The number of hydrogen-bond acceptors (Lipinski definition) is 2. The van der Waals surface area contributed by atoms with Gasteiger partial charge in [0.15, 0.2) is 0 Å². The third-order valence-corrected chi connectivity index (χ3v) is 5.09. The van der Waals surface area contributed by atoms with Gasteiger partial charge in [-0.3, -0.25) is 4.79 Å². The van der Waals surface area contributed by atoms with E-state index in [2.05, 4.69) is 17.4 Å². The van der Waals surface area contributed by atoms with Crippen LogP contribution in [0.2, 0.25) is 0 Å². The van der Waals surface area contributed by atoms with Gasteiger partial charge in [-0.05, 0) is 48.1 Å². The maximum atomic E-state index is 14.0. The summed E-state index contributed by atoms with van der Waals surface area (Å²) in [6, 6.07) is 11.6. The van der Waals surface area contributed by atoms with Crippen molar-refractivity contribution >= 4 is 11.9 Å². The Morgan fingerprint density at radius 1 is 1.17 bits per heavy atom. The zero-order valence-electron chi connectivity index (χ0n) is 12.8. The molecule has 4 nitrogen and oxygen atoms in total. The van der Waals surface area contributed by atoms with Crippen LogP contribution in [0.4, 0.5) is 4.39 Å². The first-order chi connectivity index (χ1) is 11.6. The van der Waals surface area contributed by atoms with Gasteiger partial charge in [-0.25, -0.2) is 9.18 Å². The van der Waals surface area contributed by atoms with Gasteiger partial charge in [0.05, 0.1) is 11.1 Å². The van der Waals surface area contributed by atoms with E-state index in [1.54, 1.807) is 0 Å². The summed E-state index contributed by atoms with van der Waals surface area (Å²) in [5.41, 5.74) is 2.32. The zero-order chi connectivity index (χ0) is 16.8. The highest BCUT2D eigenvalue weighted by molar-refractivity contribution is 5.96. The summed E-state index contributed by atoms with van der Waals surface area (Å²) >= 11 is 0. The van der Waals surface area contributed by atoms with Crippen LogP contribution < -0.4 is 5.32 Å². The minimum absolute atomic E-state index is 0.0275. The van der Waals surface area contributed by atoms with Gasteiger partial charge in [0.1, 0.15) is 5.82 Å². The molecule has 2 aromatic carbocycles. The van der Waals surface area contributed by atoms with Crippen molar-refractivity contribution in [1.82, 2.24) is 5.32 Å². The minimum Gasteiger partial charge on any atom is -0.478 e. The maximum Gasteiger partial charge on any atom is 0.335 e. The molecule has 0 saturated heterocycles. The summed E-state index contributed by atoms with van der Waals surface area (Å²) in [7, 11) is 0. The predicted molar refractivity (Wildman–Crippen MR) is 85.6 cm³/mol. The lowest BCUT2D eigenvalue weighted by molar-refractivity contribution is 0.0695. The normalized spacial score (nSPS) is 23.8. The van der Waals surface area contributed by atoms with E-state index < -0.39 is 17.7 Å². The number of carboxylic acid groups (broad SMARTS) is 1. The van der Waals surface area contributed by atoms with Gasteiger partial charge in [0.2, 0.25) is 0 Å². The number of carbonyl (C=O) groups excluding carboxylic acids is 1. The molecule has 122 valence electrons. The van der Waals surface area contributed by atoms with E-state index in [1.807, 2.05) is 12.1 Å². The molecule has 1 amide bonds. The molecule has 0 aliphatic heterocycles. The maximum absolute atomic E-state index is 14.0. The summed E-state index contributed by atoms with van der Waals surface area (Å²) in [5, 5.41) is 11.8. The molecule has 1 fully saturated rings. The first-order valence-corrected chi connectivity index (χ1v) is 7.98. The van der Waals surface area contributed by atoms with Crippen LogP contribution in [-0.2, 0) is 6.42 Å². The number of carbonyl (C=O) groups is 2. The number of rotatable bonds is 3. The van der Waals surface area contributed by atoms with Crippen LogP contribution in [0.15, 0.2) is 42.5 Å². The SMILES string of the molecule is O=C(O)c1ccc(C(=O)NC2C3CCc4ccccc4C32)c(F)c1. The van der Waals surface area contributed by atoms with E-state index in [0.29, 0.717) is 11.8 Å². The molecule has 2 N–H and O–H groups in total. The van der Waals surface area contributed by atoms with Gasteiger partial charge in [-0.15, -0.1) is 0 Å². The summed E-state index contributed by atoms with van der Waals surface area (Å²) in [6.45, 7) is 0. The number of aryl methyl sites for hydroxylation is 1. The predicted octanol–water partition coefficient (Wildman–Crippen LogP) is 2.98. The number of halogens is 1. The van der Waals surface area contributed by atoms with Gasteiger partial charge in [-0.2, -0.15) is 0 Å². The number of hydrogen-bond donors (Lipinski definition) is 2. The Hall–Kier alpha value is -2.69. The lowest BCUT2D eigenvalue weighted by Crippen LogP contribution is -2.28. The van der Waals surface area contributed by atoms with E-state index in [1.165, 1.54) is 23.3 Å². The topological polar surface area (TPSA) is 66.4 Å². The fraction of sp³-hybridized carbons (Fsp3) is 0.263. The molecule has 0 heterocycles. The second-order valence-corrected chi connectivity index (χ2v) is 6.43. The van der Waals surface area contributed by atoms with Crippen LogP contribution in [0.5, 0.6) is 0 Å². The van der Waals surface area contributed by atoms with Crippen molar-refractivity contribution in [2.75, 3.05) is 0 Å². The smallest absolute Gasteiger partial charge is 0.335 e. The van der Waals surface area contributed by atoms with Crippen LogP contribution in [0.3, 0.4) is 0 Å². The number of fused-ring (bicyclic) bond motifs is 3. The van der Waals surface area contributed by atoms with Crippen molar-refractivity contribution in [3.8, 4) is 0 Å². The number of benzene rings is 2. The molecule has 4 rings (SSSR count). The number of amides is 1. The molecular weight excluding hydrogens is 309 g/mol. The van der Waals surface area contributed by atoms with Gasteiger partial charge in [0, 0.05) is 12.0 Å². The zero-order valence-corrected chi connectivity index (χ0v) is 12.8. The average molecular weight is 325 g/mol. The largest absolute Gasteiger partial charge is 0.478 e. The fourth-order valence-electron chi connectivity index (χ4n) is 3.82. The van der Waals surface area contributed by atoms with E-state index in [0.717, 1.165) is 18.9 Å².